The molecule has 0 saturated carbocycles. The minimum absolute atomic E-state index is 0.0567. The van der Waals surface area contributed by atoms with Crippen molar-refractivity contribution in [1.29, 1.82) is 0 Å². The van der Waals surface area contributed by atoms with E-state index in [-0.39, 0.29) is 18.0 Å². The van der Waals surface area contributed by atoms with Gasteiger partial charge in [-0.05, 0) is 24.6 Å². The van der Waals surface area contributed by atoms with Crippen molar-refractivity contribution in [1.82, 2.24) is 9.78 Å². The van der Waals surface area contributed by atoms with Gasteiger partial charge in [0.2, 0.25) is 5.88 Å². The van der Waals surface area contributed by atoms with Crippen LogP contribution in [-0.2, 0) is 4.79 Å². The van der Waals surface area contributed by atoms with Gasteiger partial charge in [-0.25, -0.2) is 9.48 Å². The van der Waals surface area contributed by atoms with Crippen LogP contribution in [0.3, 0.4) is 0 Å². The lowest BCUT2D eigenvalue weighted by Gasteiger charge is -2.10. The zero-order chi connectivity index (χ0) is 22.7. The van der Waals surface area contributed by atoms with Crippen LogP contribution in [0.1, 0.15) is 13.3 Å². The number of carboxylic acid groups (broad SMARTS) is 1. The highest BCUT2D eigenvalue weighted by molar-refractivity contribution is 6.30. The Balaban J connectivity index is 2.20. The number of nitrogens with zero attached hydrogens (tertiary/aromatic N) is 4. The number of aliphatic carboxylic acids is 1. The summed E-state index contributed by atoms with van der Waals surface area (Å²) >= 11 is 5.93. The maximum atomic E-state index is 11.6. The highest BCUT2D eigenvalue weighted by Crippen LogP contribution is 2.34. The van der Waals surface area contributed by atoms with E-state index in [2.05, 4.69) is 5.10 Å². The Morgan fingerprint density at radius 3 is 2.39 bits per heavy atom. The number of nitro groups is 2. The summed E-state index contributed by atoms with van der Waals surface area (Å²) in [5.41, 5.74) is -0.168. The van der Waals surface area contributed by atoms with E-state index < -0.39 is 33.3 Å². The first-order valence-electron chi connectivity index (χ1n) is 8.90. The minimum Gasteiger partial charge on any atom is -0.479 e. The number of hydrogen-bond acceptors (Lipinski definition) is 7. The van der Waals surface area contributed by atoms with Gasteiger partial charge in [-0.2, -0.15) is 0 Å². The predicted octanol–water partition coefficient (Wildman–Crippen LogP) is 4.25. The highest BCUT2D eigenvalue weighted by atomic mass is 35.5. The molecule has 0 aliphatic heterocycles. The molecule has 0 fully saturated rings. The first kappa shape index (κ1) is 21.7. The number of hydrogen-bond donors (Lipinski definition) is 1. The molecule has 31 heavy (non-hydrogen) atoms. The van der Waals surface area contributed by atoms with Gasteiger partial charge in [0.25, 0.3) is 5.69 Å². The van der Waals surface area contributed by atoms with Crippen LogP contribution in [0.4, 0.5) is 11.4 Å². The zero-order valence-electron chi connectivity index (χ0n) is 16.0. The Morgan fingerprint density at radius 1 is 1.16 bits per heavy atom. The third-order valence-electron chi connectivity index (χ3n) is 4.33. The van der Waals surface area contributed by atoms with Gasteiger partial charge in [0.15, 0.2) is 6.10 Å². The summed E-state index contributed by atoms with van der Waals surface area (Å²) in [6.45, 7) is 1.62. The number of nitro benzene ring substituents is 2. The maximum Gasteiger partial charge on any atom is 0.344 e. The molecule has 0 saturated heterocycles. The van der Waals surface area contributed by atoms with Crippen molar-refractivity contribution in [3.63, 3.8) is 0 Å². The molecular formula is C19H15ClN4O7. The molecule has 0 spiro atoms. The molecular weight excluding hydrogens is 432 g/mol. The maximum absolute atomic E-state index is 11.6. The van der Waals surface area contributed by atoms with Crippen molar-refractivity contribution >= 4 is 28.9 Å². The fourth-order valence-corrected chi connectivity index (χ4v) is 2.96. The Labute approximate surface area is 179 Å². The molecule has 0 amide bonds. The Bertz CT molecular complexity index is 1160. The molecule has 160 valence electrons. The van der Waals surface area contributed by atoms with E-state index in [1.165, 1.54) is 16.8 Å². The van der Waals surface area contributed by atoms with Gasteiger partial charge in [0.05, 0.1) is 21.6 Å². The lowest BCUT2D eigenvalue weighted by Crippen LogP contribution is -2.26. The van der Waals surface area contributed by atoms with Crippen LogP contribution in [0.5, 0.6) is 5.88 Å². The summed E-state index contributed by atoms with van der Waals surface area (Å²) in [5, 5.41) is 36.5. The number of non-ortho nitro benzene ring substituents is 1. The van der Waals surface area contributed by atoms with Crippen molar-refractivity contribution in [2.75, 3.05) is 0 Å². The summed E-state index contributed by atoms with van der Waals surface area (Å²) in [7, 11) is 0. The monoisotopic (exact) mass is 446 g/mol. The summed E-state index contributed by atoms with van der Waals surface area (Å²) in [4.78, 5) is 32.5. The first-order chi connectivity index (χ1) is 14.7. The van der Waals surface area contributed by atoms with E-state index in [1.807, 2.05) is 0 Å². The minimum atomic E-state index is -1.19. The standard InChI is InChI=1S/C19H15ClN4O7/c1-2-17(19(25)26)31-18-10-15(11-3-5-12(20)6-4-11)22(21-18)14-8-7-13(23(27)28)9-16(14)24(29)30/h3-10,17H,2H2,1H3,(H,25,26). The van der Waals surface area contributed by atoms with Gasteiger partial charge in [0, 0.05) is 22.7 Å². The lowest BCUT2D eigenvalue weighted by atomic mass is 10.1. The normalized spacial score (nSPS) is 11.7. The summed E-state index contributed by atoms with van der Waals surface area (Å²) in [6, 6.07) is 11.1. The fraction of sp³-hybridized carbons (Fsp3) is 0.158. The zero-order valence-corrected chi connectivity index (χ0v) is 16.7. The summed E-state index contributed by atoms with van der Waals surface area (Å²) in [5.74, 6) is -1.27. The van der Waals surface area contributed by atoms with Crippen molar-refractivity contribution in [3.05, 3.63) is 73.8 Å². The summed E-state index contributed by atoms with van der Waals surface area (Å²) < 4.78 is 6.62. The smallest absolute Gasteiger partial charge is 0.344 e. The molecule has 0 radical (unpaired) electrons. The molecule has 1 N–H and O–H groups in total. The molecule has 12 heteroatoms. The van der Waals surface area contributed by atoms with Gasteiger partial charge >= 0.3 is 11.7 Å². The van der Waals surface area contributed by atoms with E-state index in [0.29, 0.717) is 16.3 Å². The van der Waals surface area contributed by atoms with Crippen LogP contribution in [0, 0.1) is 20.2 Å². The van der Waals surface area contributed by atoms with E-state index >= 15 is 0 Å². The molecule has 1 unspecified atom stereocenters. The van der Waals surface area contributed by atoms with E-state index in [9.17, 15) is 30.1 Å². The molecule has 1 aromatic heterocycles. The number of ether oxygens (including phenoxy) is 1. The van der Waals surface area contributed by atoms with E-state index in [1.54, 1.807) is 31.2 Å². The molecule has 0 aliphatic carbocycles. The van der Waals surface area contributed by atoms with Gasteiger partial charge in [-0.1, -0.05) is 30.7 Å². The van der Waals surface area contributed by atoms with Gasteiger partial charge in [-0.3, -0.25) is 20.2 Å². The van der Waals surface area contributed by atoms with Crippen LogP contribution in [0.25, 0.3) is 16.9 Å². The van der Waals surface area contributed by atoms with Crippen LogP contribution in [0.2, 0.25) is 5.02 Å². The van der Waals surface area contributed by atoms with Crippen LogP contribution >= 0.6 is 11.6 Å². The van der Waals surface area contributed by atoms with Gasteiger partial charge < -0.3 is 9.84 Å². The molecule has 2 aromatic carbocycles. The quantitative estimate of drug-likeness (QED) is 0.398. The third kappa shape index (κ3) is 4.61. The van der Waals surface area contributed by atoms with E-state index in [4.69, 9.17) is 16.3 Å². The van der Waals surface area contributed by atoms with Crippen LogP contribution < -0.4 is 4.74 Å². The lowest BCUT2D eigenvalue weighted by molar-refractivity contribution is -0.394. The number of rotatable bonds is 8. The average Bonchev–Trinajstić information content (AvgIpc) is 3.15. The number of benzene rings is 2. The second-order valence-electron chi connectivity index (χ2n) is 6.33. The van der Waals surface area contributed by atoms with Crippen LogP contribution in [-0.4, -0.2) is 36.8 Å². The van der Waals surface area contributed by atoms with Crippen molar-refractivity contribution in [2.45, 2.75) is 19.4 Å². The Morgan fingerprint density at radius 2 is 1.84 bits per heavy atom. The highest BCUT2D eigenvalue weighted by Gasteiger charge is 2.26. The van der Waals surface area contributed by atoms with Crippen molar-refractivity contribution < 1.29 is 24.5 Å². The van der Waals surface area contributed by atoms with Crippen molar-refractivity contribution in [3.8, 4) is 22.8 Å². The molecule has 3 aromatic rings. The predicted molar refractivity (Wildman–Crippen MR) is 110 cm³/mol. The Hall–Kier alpha value is -3.99. The summed E-state index contributed by atoms with van der Waals surface area (Å²) in [6.07, 6.45) is -1.01. The molecule has 1 atom stereocenters. The number of carboxylic acids is 1. The Kier molecular flexibility index (Phi) is 6.16. The average molecular weight is 447 g/mol. The first-order valence-corrected chi connectivity index (χ1v) is 9.27. The largest absolute Gasteiger partial charge is 0.479 e. The molecule has 3 rings (SSSR count). The fourth-order valence-electron chi connectivity index (χ4n) is 2.83. The van der Waals surface area contributed by atoms with Crippen molar-refractivity contribution in [2.24, 2.45) is 0 Å². The van der Waals surface area contributed by atoms with E-state index in [0.717, 1.165) is 12.1 Å². The SMILES string of the molecule is CCC(Oc1cc(-c2ccc(Cl)cc2)n(-c2ccc([N+](=O)[O-])cc2[N+](=O)[O-])n1)C(=O)O. The topological polar surface area (TPSA) is 151 Å². The van der Waals surface area contributed by atoms with Gasteiger partial charge in [0.1, 0.15) is 5.69 Å². The molecule has 0 bridgehead atoms. The molecule has 1 heterocycles. The second-order valence-corrected chi connectivity index (χ2v) is 6.76. The third-order valence-corrected chi connectivity index (χ3v) is 4.58. The number of halogens is 1. The second kappa shape index (κ2) is 8.79. The number of carbonyl (C=O) groups is 1. The molecule has 11 nitrogen and oxygen atoms in total. The molecule has 0 aliphatic rings. The number of aromatic nitrogens is 2. The van der Waals surface area contributed by atoms with Crippen LogP contribution in [0.15, 0.2) is 48.5 Å². The van der Waals surface area contributed by atoms with Gasteiger partial charge in [-0.15, -0.1) is 5.10 Å².